The third-order valence-corrected chi connectivity index (χ3v) is 3.20. The smallest absolute Gasteiger partial charge is 0.306 e. The maximum absolute atomic E-state index is 12.1. The Morgan fingerprint density at radius 2 is 2.11 bits per heavy atom. The predicted octanol–water partition coefficient (Wildman–Crippen LogP) is 2.48. The van der Waals surface area contributed by atoms with Gasteiger partial charge in [-0.3, -0.25) is 9.99 Å². The summed E-state index contributed by atoms with van der Waals surface area (Å²) in [7, 11) is 1.85. The summed E-state index contributed by atoms with van der Waals surface area (Å²) >= 11 is 0. The highest BCUT2D eigenvalue weighted by Gasteiger charge is 2.25. The van der Waals surface area contributed by atoms with Gasteiger partial charge in [-0.2, -0.15) is 0 Å². The van der Waals surface area contributed by atoms with E-state index < -0.39 is 0 Å². The Morgan fingerprint density at radius 3 is 2.89 bits per heavy atom. The van der Waals surface area contributed by atoms with Crippen LogP contribution in [-0.4, -0.2) is 23.1 Å². The molecule has 0 fully saturated rings. The Labute approximate surface area is 111 Å². The number of carbonyl (C=O) groups excluding carboxylic acids is 1. The molecule has 1 aromatic heterocycles. The molecular formula is C14H14N4O. The molecule has 19 heavy (non-hydrogen) atoms. The number of hydrogen-bond donors (Lipinski definition) is 1. The largest absolute Gasteiger partial charge is 0.340 e. The molecule has 0 atom stereocenters. The highest BCUT2D eigenvalue weighted by molar-refractivity contribution is 5.93. The predicted molar refractivity (Wildman–Crippen MR) is 73.6 cm³/mol. The fourth-order valence-corrected chi connectivity index (χ4v) is 2.12. The van der Waals surface area contributed by atoms with Crippen molar-refractivity contribution < 1.29 is 4.79 Å². The number of urea groups is 1. The standard InChI is InChI=1S/C14H14N4O/c1-17(12-6-4-8-15-9-12)18-10-11-5-2-3-7-13(11)16-14(18)19/h2-9H,10H2,1H3,(H,16,19). The van der Waals surface area contributed by atoms with Gasteiger partial charge in [-0.25, -0.2) is 9.80 Å². The van der Waals surface area contributed by atoms with E-state index in [9.17, 15) is 4.79 Å². The maximum Gasteiger partial charge on any atom is 0.340 e. The van der Waals surface area contributed by atoms with Crippen molar-refractivity contribution in [3.8, 4) is 0 Å². The van der Waals surface area contributed by atoms with Crippen molar-refractivity contribution in [2.45, 2.75) is 6.54 Å². The molecule has 1 aromatic carbocycles. The van der Waals surface area contributed by atoms with Crippen LogP contribution in [0.15, 0.2) is 48.8 Å². The van der Waals surface area contributed by atoms with Gasteiger partial charge in [0.15, 0.2) is 0 Å². The minimum atomic E-state index is -0.134. The van der Waals surface area contributed by atoms with Gasteiger partial charge in [0.2, 0.25) is 0 Å². The van der Waals surface area contributed by atoms with Gasteiger partial charge >= 0.3 is 6.03 Å². The third kappa shape index (κ3) is 2.10. The monoisotopic (exact) mass is 254 g/mol. The van der Waals surface area contributed by atoms with E-state index in [4.69, 9.17) is 0 Å². The molecule has 2 heterocycles. The van der Waals surface area contributed by atoms with Gasteiger partial charge in [-0.1, -0.05) is 18.2 Å². The summed E-state index contributed by atoms with van der Waals surface area (Å²) in [5, 5.41) is 6.34. The number of nitrogens with zero attached hydrogens (tertiary/aromatic N) is 3. The van der Waals surface area contributed by atoms with Gasteiger partial charge < -0.3 is 5.32 Å². The van der Waals surface area contributed by atoms with Crippen molar-refractivity contribution in [1.29, 1.82) is 0 Å². The number of hydrogen-bond acceptors (Lipinski definition) is 3. The van der Waals surface area contributed by atoms with Gasteiger partial charge in [-0.15, -0.1) is 0 Å². The molecule has 3 rings (SSSR count). The molecule has 5 nitrogen and oxygen atoms in total. The van der Waals surface area contributed by atoms with Crippen molar-refractivity contribution in [2.24, 2.45) is 0 Å². The van der Waals surface area contributed by atoms with Gasteiger partial charge in [0, 0.05) is 18.9 Å². The maximum atomic E-state index is 12.1. The second-order valence-electron chi connectivity index (χ2n) is 4.38. The van der Waals surface area contributed by atoms with Gasteiger partial charge in [0.05, 0.1) is 18.4 Å². The van der Waals surface area contributed by atoms with Crippen molar-refractivity contribution in [2.75, 3.05) is 17.4 Å². The van der Waals surface area contributed by atoms with Crippen molar-refractivity contribution in [3.05, 3.63) is 54.4 Å². The summed E-state index contributed by atoms with van der Waals surface area (Å²) in [5.41, 5.74) is 2.85. The van der Waals surface area contributed by atoms with Crippen LogP contribution in [0.1, 0.15) is 5.56 Å². The topological polar surface area (TPSA) is 48.5 Å². The fourth-order valence-electron chi connectivity index (χ4n) is 2.12. The SMILES string of the molecule is CN(c1cccnc1)N1Cc2ccccc2NC1=O. The quantitative estimate of drug-likeness (QED) is 0.895. The first-order valence-corrected chi connectivity index (χ1v) is 6.06. The number of benzene rings is 1. The van der Waals surface area contributed by atoms with Crippen LogP contribution >= 0.6 is 0 Å². The third-order valence-electron chi connectivity index (χ3n) is 3.20. The van der Waals surface area contributed by atoms with Crippen molar-refractivity contribution in [1.82, 2.24) is 9.99 Å². The zero-order valence-electron chi connectivity index (χ0n) is 10.6. The summed E-state index contributed by atoms with van der Waals surface area (Å²) in [4.78, 5) is 16.2. The number of para-hydroxylation sites is 1. The van der Waals surface area contributed by atoms with E-state index in [2.05, 4.69) is 10.3 Å². The van der Waals surface area contributed by atoms with Crippen LogP contribution in [-0.2, 0) is 6.54 Å². The van der Waals surface area contributed by atoms with E-state index in [1.54, 1.807) is 22.4 Å². The average Bonchev–Trinajstić information content (AvgIpc) is 2.47. The van der Waals surface area contributed by atoms with Gasteiger partial charge in [-0.05, 0) is 23.8 Å². The molecule has 0 bridgehead atoms. The molecule has 0 unspecified atom stereocenters. The molecule has 2 aromatic rings. The molecule has 0 radical (unpaired) electrons. The minimum Gasteiger partial charge on any atom is -0.306 e. The number of aromatic nitrogens is 1. The molecule has 96 valence electrons. The molecule has 0 saturated carbocycles. The van der Waals surface area contributed by atoms with Crippen LogP contribution in [0.4, 0.5) is 16.2 Å². The number of fused-ring (bicyclic) bond motifs is 1. The lowest BCUT2D eigenvalue weighted by Crippen LogP contribution is -2.48. The number of hydrazine groups is 1. The Balaban J connectivity index is 1.89. The Bertz CT molecular complexity index is 599. The van der Waals surface area contributed by atoms with Crippen molar-refractivity contribution >= 4 is 17.4 Å². The van der Waals surface area contributed by atoms with Gasteiger partial charge in [0.1, 0.15) is 0 Å². The number of anilines is 2. The summed E-state index contributed by atoms with van der Waals surface area (Å²) in [6.07, 6.45) is 3.44. The molecular weight excluding hydrogens is 240 g/mol. The van der Waals surface area contributed by atoms with E-state index in [1.807, 2.05) is 43.4 Å². The first kappa shape index (κ1) is 11.5. The molecule has 0 aliphatic carbocycles. The zero-order chi connectivity index (χ0) is 13.2. The van der Waals surface area contributed by atoms with E-state index in [1.165, 1.54) is 0 Å². The van der Waals surface area contributed by atoms with Gasteiger partial charge in [0.25, 0.3) is 0 Å². The highest BCUT2D eigenvalue weighted by Crippen LogP contribution is 2.25. The molecule has 1 aliphatic heterocycles. The number of nitrogens with one attached hydrogen (secondary N) is 1. The molecule has 1 aliphatic rings. The number of amides is 2. The lowest BCUT2D eigenvalue weighted by atomic mass is 10.1. The van der Waals surface area contributed by atoms with Crippen LogP contribution < -0.4 is 10.3 Å². The fraction of sp³-hybridized carbons (Fsp3) is 0.143. The normalized spacial score (nSPS) is 13.7. The van der Waals surface area contributed by atoms with Crippen LogP contribution in [0.3, 0.4) is 0 Å². The number of pyridine rings is 1. The second-order valence-corrected chi connectivity index (χ2v) is 4.38. The average molecular weight is 254 g/mol. The first-order chi connectivity index (χ1) is 9.25. The van der Waals surface area contributed by atoms with Crippen LogP contribution in [0.25, 0.3) is 0 Å². The van der Waals surface area contributed by atoms with Crippen LogP contribution in [0.5, 0.6) is 0 Å². The zero-order valence-corrected chi connectivity index (χ0v) is 10.6. The van der Waals surface area contributed by atoms with Crippen LogP contribution in [0, 0.1) is 0 Å². The number of rotatable bonds is 2. The Kier molecular flexibility index (Phi) is 2.79. The molecule has 2 amide bonds. The Morgan fingerprint density at radius 1 is 1.26 bits per heavy atom. The lowest BCUT2D eigenvalue weighted by molar-refractivity contribution is 0.204. The van der Waals surface area contributed by atoms with Crippen molar-refractivity contribution in [3.63, 3.8) is 0 Å². The van der Waals surface area contributed by atoms with E-state index in [-0.39, 0.29) is 6.03 Å². The number of carbonyl (C=O) groups is 1. The van der Waals surface area contributed by atoms with E-state index >= 15 is 0 Å². The summed E-state index contributed by atoms with van der Waals surface area (Å²) in [6, 6.07) is 11.4. The molecule has 1 N–H and O–H groups in total. The van der Waals surface area contributed by atoms with Crippen LogP contribution in [0.2, 0.25) is 0 Å². The summed E-state index contributed by atoms with van der Waals surface area (Å²) < 4.78 is 0. The molecule has 5 heteroatoms. The van der Waals surface area contributed by atoms with E-state index in [0.29, 0.717) is 6.54 Å². The highest BCUT2D eigenvalue weighted by atomic mass is 16.2. The summed E-state index contributed by atoms with van der Waals surface area (Å²) in [6.45, 7) is 0.549. The summed E-state index contributed by atoms with van der Waals surface area (Å²) in [5.74, 6) is 0. The van der Waals surface area contributed by atoms with E-state index in [0.717, 1.165) is 16.9 Å². The minimum absolute atomic E-state index is 0.134. The lowest BCUT2D eigenvalue weighted by Gasteiger charge is -2.36. The first-order valence-electron chi connectivity index (χ1n) is 6.06. The molecule has 0 spiro atoms. The second kappa shape index (κ2) is 4.61. The Hall–Kier alpha value is -2.56. The molecule has 0 saturated heterocycles.